The summed E-state index contributed by atoms with van der Waals surface area (Å²) in [6, 6.07) is 22.4. The number of aryl methyl sites for hydroxylation is 2. The van der Waals surface area contributed by atoms with E-state index >= 15 is 0 Å². The summed E-state index contributed by atoms with van der Waals surface area (Å²) in [5.74, 6) is 0.200. The summed E-state index contributed by atoms with van der Waals surface area (Å²) in [4.78, 5) is 47.4. The normalized spacial score (nSPS) is 13.8. The maximum Gasteiger partial charge on any atom is 0.338 e. The topological polar surface area (TPSA) is 167 Å². The summed E-state index contributed by atoms with van der Waals surface area (Å²) in [5.41, 5.74) is 7.73. The van der Waals surface area contributed by atoms with Crippen molar-refractivity contribution in [3.8, 4) is 28.2 Å². The predicted octanol–water partition coefficient (Wildman–Crippen LogP) is 5.63. The van der Waals surface area contributed by atoms with E-state index in [9.17, 15) is 19.5 Å². The molecule has 2 amide bonds. The lowest BCUT2D eigenvalue weighted by atomic mass is 9.89. The Balaban J connectivity index is 0.907. The first kappa shape index (κ1) is 46.4. The second-order valence-electron chi connectivity index (χ2n) is 15.4. The molecule has 1 fully saturated rings. The standard InChI is InChI=1S/C49H60N6O8/c1-5-50-42-31-44-40(29-34(42)3)48(41-30-35(4)43(51-6-2)32-45(41)63-44)38-9-7-8-10-39(38)49(59)62-26-23-54-19-21-55(22-20-54)33-47(58)53-18-25-61-28-27-60-24-17-52-46(57)16-13-36-11-14-37(56)15-12-36/h7-16,29-32,50,56H,5-6,17-28,33H2,1-4H3,(H,52,57)(H,53,58)/b16-13+,51-43+. The van der Waals surface area contributed by atoms with Crippen LogP contribution in [0.15, 0.2) is 88.3 Å². The van der Waals surface area contributed by atoms with Crippen LogP contribution in [0.5, 0.6) is 5.75 Å². The Morgan fingerprint density at radius 3 is 2.25 bits per heavy atom. The molecule has 14 nitrogen and oxygen atoms in total. The molecular formula is C49H60N6O8. The minimum Gasteiger partial charge on any atom is -0.508 e. The highest BCUT2D eigenvalue weighted by Gasteiger charge is 2.24. The summed E-state index contributed by atoms with van der Waals surface area (Å²) in [6.07, 6.45) is 3.10. The van der Waals surface area contributed by atoms with E-state index in [1.54, 1.807) is 30.3 Å². The first-order valence-electron chi connectivity index (χ1n) is 21.8. The van der Waals surface area contributed by atoms with Crippen molar-refractivity contribution in [2.45, 2.75) is 27.7 Å². The number of hydrogen-bond acceptors (Lipinski definition) is 12. The predicted molar refractivity (Wildman–Crippen MR) is 246 cm³/mol. The van der Waals surface area contributed by atoms with Gasteiger partial charge in [0.15, 0.2) is 0 Å². The van der Waals surface area contributed by atoms with Crippen LogP contribution in [0.2, 0.25) is 0 Å². The minimum absolute atomic E-state index is 0.0569. The molecule has 2 heterocycles. The number of phenolic OH excluding ortho intramolecular Hbond substituents is 1. The van der Waals surface area contributed by atoms with Gasteiger partial charge in [-0.1, -0.05) is 30.3 Å². The van der Waals surface area contributed by atoms with Crippen molar-refractivity contribution in [2.75, 3.05) is 104 Å². The number of carbonyl (C=O) groups excluding carboxylic acids is 3. The fraction of sp³-hybridized carbons (Fsp3) is 0.388. The van der Waals surface area contributed by atoms with Gasteiger partial charge in [0.05, 0.1) is 43.9 Å². The fourth-order valence-electron chi connectivity index (χ4n) is 7.50. The van der Waals surface area contributed by atoms with Crippen molar-refractivity contribution < 1.29 is 38.1 Å². The Morgan fingerprint density at radius 1 is 0.810 bits per heavy atom. The van der Waals surface area contributed by atoms with Crippen molar-refractivity contribution in [1.82, 2.24) is 20.4 Å². The highest BCUT2D eigenvalue weighted by molar-refractivity contribution is 6.08. The molecule has 0 atom stereocenters. The first-order chi connectivity index (χ1) is 30.6. The van der Waals surface area contributed by atoms with Crippen LogP contribution in [0.25, 0.3) is 39.5 Å². The summed E-state index contributed by atoms with van der Waals surface area (Å²) in [7, 11) is 0. The minimum atomic E-state index is -0.382. The molecule has 0 saturated carbocycles. The van der Waals surface area contributed by atoms with Gasteiger partial charge < -0.3 is 39.7 Å². The molecule has 0 radical (unpaired) electrons. The van der Waals surface area contributed by atoms with Gasteiger partial charge in [-0.3, -0.25) is 24.4 Å². The second kappa shape index (κ2) is 23.4. The van der Waals surface area contributed by atoms with Crippen molar-refractivity contribution in [3.05, 3.63) is 106 Å². The molecule has 4 N–H and O–H groups in total. The fourth-order valence-corrected chi connectivity index (χ4v) is 7.50. The van der Waals surface area contributed by atoms with E-state index in [2.05, 4.69) is 56.7 Å². The summed E-state index contributed by atoms with van der Waals surface area (Å²) >= 11 is 0. The maximum absolute atomic E-state index is 13.8. The lowest BCUT2D eigenvalue weighted by Crippen LogP contribution is -2.50. The number of hydrogen-bond donors (Lipinski definition) is 4. The average molecular weight is 861 g/mol. The van der Waals surface area contributed by atoms with Crippen LogP contribution in [0.4, 0.5) is 5.69 Å². The molecule has 3 aromatic rings. The van der Waals surface area contributed by atoms with Gasteiger partial charge >= 0.3 is 5.97 Å². The number of ether oxygens (including phenoxy) is 3. The summed E-state index contributed by atoms with van der Waals surface area (Å²) < 4.78 is 23.6. The van der Waals surface area contributed by atoms with Gasteiger partial charge in [-0.05, 0) is 86.4 Å². The lowest BCUT2D eigenvalue weighted by Gasteiger charge is -2.34. The van der Waals surface area contributed by atoms with Gasteiger partial charge in [-0.2, -0.15) is 0 Å². The smallest absolute Gasteiger partial charge is 0.338 e. The molecule has 1 aliphatic carbocycles. The van der Waals surface area contributed by atoms with Crippen LogP contribution in [-0.2, 0) is 23.8 Å². The van der Waals surface area contributed by atoms with E-state index in [-0.39, 0.29) is 30.1 Å². The molecule has 3 aromatic carbocycles. The van der Waals surface area contributed by atoms with Crippen LogP contribution < -0.4 is 21.3 Å². The zero-order chi connectivity index (χ0) is 44.6. The average Bonchev–Trinajstić information content (AvgIpc) is 3.27. The SMILES string of the molecule is CC/N=c1\cc2oc3cc(NCC)c(C)cc3c(-c3ccccc3C(=O)OCCN3CCN(CC(=O)NCCOCCOCCNC(=O)/C=C/c4ccc(O)cc4)CC3)c-2cc1C. The molecule has 63 heavy (non-hydrogen) atoms. The largest absolute Gasteiger partial charge is 0.508 e. The van der Waals surface area contributed by atoms with E-state index in [0.717, 1.165) is 82.5 Å². The number of rotatable bonds is 21. The number of anilines is 1. The van der Waals surface area contributed by atoms with Crippen molar-refractivity contribution >= 4 is 40.5 Å². The summed E-state index contributed by atoms with van der Waals surface area (Å²) in [5, 5.41) is 20.2. The monoisotopic (exact) mass is 860 g/mol. The van der Waals surface area contributed by atoms with Gasteiger partial charge in [0.2, 0.25) is 11.8 Å². The van der Waals surface area contributed by atoms with Gasteiger partial charge in [0.1, 0.15) is 23.7 Å². The zero-order valence-corrected chi connectivity index (χ0v) is 36.8. The number of nitrogens with zero attached hydrogens (tertiary/aromatic N) is 3. The molecule has 3 aliphatic rings. The molecular weight excluding hydrogens is 801 g/mol. The molecule has 0 aromatic heterocycles. The third-order valence-electron chi connectivity index (χ3n) is 10.8. The molecule has 0 unspecified atom stereocenters. The molecule has 0 bridgehead atoms. The molecule has 14 heteroatoms. The van der Waals surface area contributed by atoms with E-state index in [1.807, 2.05) is 50.2 Å². The number of carbonyl (C=O) groups is 3. The van der Waals surface area contributed by atoms with Gasteiger partial charge in [-0.25, -0.2) is 4.79 Å². The van der Waals surface area contributed by atoms with Gasteiger partial charge in [0.25, 0.3) is 0 Å². The van der Waals surface area contributed by atoms with Crippen molar-refractivity contribution in [3.63, 3.8) is 0 Å². The van der Waals surface area contributed by atoms with E-state index in [4.69, 9.17) is 18.6 Å². The van der Waals surface area contributed by atoms with Gasteiger partial charge in [-0.15, -0.1) is 0 Å². The molecule has 6 rings (SSSR count). The Labute approximate surface area is 369 Å². The zero-order valence-electron chi connectivity index (χ0n) is 36.8. The number of benzene rings is 4. The Morgan fingerprint density at radius 2 is 1.52 bits per heavy atom. The third kappa shape index (κ3) is 13.2. The van der Waals surface area contributed by atoms with Crippen LogP contribution in [0.3, 0.4) is 0 Å². The Kier molecular flexibility index (Phi) is 17.3. The van der Waals surface area contributed by atoms with E-state index in [0.29, 0.717) is 76.1 Å². The molecule has 1 saturated heterocycles. The van der Waals surface area contributed by atoms with Crippen LogP contribution >= 0.6 is 0 Å². The first-order valence-corrected chi connectivity index (χ1v) is 21.8. The van der Waals surface area contributed by atoms with Crippen molar-refractivity contribution in [1.29, 1.82) is 0 Å². The number of fused-ring (bicyclic) bond motifs is 2. The molecule has 334 valence electrons. The number of piperazine rings is 1. The summed E-state index contributed by atoms with van der Waals surface area (Å²) in [6.45, 7) is 16.0. The van der Waals surface area contributed by atoms with Crippen LogP contribution in [0.1, 0.15) is 40.9 Å². The number of nitrogens with one attached hydrogen (secondary N) is 3. The number of esters is 1. The quantitative estimate of drug-likeness (QED) is 0.0313. The number of aromatic hydroxyl groups is 1. The highest BCUT2D eigenvalue weighted by atomic mass is 16.5. The van der Waals surface area contributed by atoms with Crippen molar-refractivity contribution in [2.24, 2.45) is 4.99 Å². The van der Waals surface area contributed by atoms with E-state index in [1.165, 1.54) is 6.08 Å². The molecule has 0 spiro atoms. The Hall–Kier alpha value is -6.06. The number of phenols is 1. The van der Waals surface area contributed by atoms with Crippen LogP contribution in [0, 0.1) is 13.8 Å². The van der Waals surface area contributed by atoms with E-state index < -0.39 is 0 Å². The third-order valence-corrected chi connectivity index (χ3v) is 10.8. The highest BCUT2D eigenvalue weighted by Crippen LogP contribution is 2.43. The molecule has 2 aliphatic heterocycles. The lowest BCUT2D eigenvalue weighted by molar-refractivity contribution is -0.123. The number of amides is 2. The second-order valence-corrected chi connectivity index (χ2v) is 15.4. The Bertz CT molecular complexity index is 2390. The van der Waals surface area contributed by atoms with Gasteiger partial charge in [0, 0.05) is 99.3 Å². The van der Waals surface area contributed by atoms with Crippen LogP contribution in [-0.4, -0.2) is 131 Å². The maximum atomic E-state index is 13.8.